The van der Waals surface area contributed by atoms with E-state index in [-0.39, 0.29) is 10.9 Å². The lowest BCUT2D eigenvalue weighted by atomic mass is 10.2. The van der Waals surface area contributed by atoms with Gasteiger partial charge in [-0.05, 0) is 17.9 Å². The van der Waals surface area contributed by atoms with Crippen molar-refractivity contribution in [2.24, 2.45) is 7.05 Å². The first-order valence-electron chi connectivity index (χ1n) is 8.85. The predicted molar refractivity (Wildman–Crippen MR) is 116 cm³/mol. The van der Waals surface area contributed by atoms with Crippen LogP contribution in [0, 0.1) is 11.8 Å². The Morgan fingerprint density at radius 2 is 2.13 bits per heavy atom. The van der Waals surface area contributed by atoms with Crippen molar-refractivity contribution >= 4 is 51.3 Å². The fourth-order valence-corrected chi connectivity index (χ4v) is 5.00. The van der Waals surface area contributed by atoms with Gasteiger partial charge in [-0.3, -0.25) is 0 Å². The van der Waals surface area contributed by atoms with Crippen LogP contribution in [-0.2, 0) is 13.2 Å². The molecule has 1 atom stereocenters. The average Bonchev–Trinajstić information content (AvgIpc) is 3.16. The number of aromatic nitrogens is 4. The summed E-state index contributed by atoms with van der Waals surface area (Å²) in [7, 11) is 1.76. The van der Waals surface area contributed by atoms with Crippen molar-refractivity contribution in [2.45, 2.75) is 23.5 Å². The number of thiazole rings is 1. The minimum Gasteiger partial charge on any atom is -0.325 e. The van der Waals surface area contributed by atoms with E-state index in [0.29, 0.717) is 11.3 Å². The maximum absolute atomic E-state index is 13.0. The Kier molecular flexibility index (Phi) is 5.66. The van der Waals surface area contributed by atoms with Gasteiger partial charge in [0.2, 0.25) is 0 Å². The largest absolute Gasteiger partial charge is 0.433 e. The number of imidazole rings is 1. The van der Waals surface area contributed by atoms with Crippen LogP contribution in [0.4, 0.5) is 13.2 Å². The summed E-state index contributed by atoms with van der Waals surface area (Å²) < 4.78 is 40.9. The first-order chi connectivity index (χ1) is 14.3. The Morgan fingerprint density at radius 1 is 1.33 bits per heavy atom. The molecule has 0 spiro atoms. The molecule has 3 heterocycles. The molecule has 0 fully saturated rings. The number of fused-ring (bicyclic) bond motifs is 1. The van der Waals surface area contributed by atoms with Crippen molar-refractivity contribution in [3.05, 3.63) is 41.2 Å². The second-order valence-electron chi connectivity index (χ2n) is 6.29. The van der Waals surface area contributed by atoms with E-state index in [4.69, 9.17) is 16.6 Å². The monoisotopic (exact) mass is 466 g/mol. The molecule has 0 amide bonds. The summed E-state index contributed by atoms with van der Waals surface area (Å²) in [5.41, 5.74) is 0.627. The third kappa shape index (κ3) is 4.00. The van der Waals surface area contributed by atoms with Gasteiger partial charge in [-0.25, -0.2) is 15.0 Å². The van der Waals surface area contributed by atoms with Gasteiger partial charge in [0.25, 0.3) is 0 Å². The first kappa shape index (κ1) is 21.0. The molecule has 1 unspecified atom stereocenters. The molecule has 0 aliphatic heterocycles. The molecule has 3 aromatic heterocycles. The number of pyridine rings is 1. The second-order valence-corrected chi connectivity index (χ2v) is 9.01. The minimum absolute atomic E-state index is 0.238. The lowest BCUT2D eigenvalue weighted by molar-refractivity contribution is -0.141. The quantitative estimate of drug-likeness (QED) is 0.277. The van der Waals surface area contributed by atoms with E-state index in [1.807, 2.05) is 13.0 Å². The maximum atomic E-state index is 13.0. The molecule has 4 rings (SSSR count). The molecule has 0 bridgehead atoms. The van der Waals surface area contributed by atoms with Gasteiger partial charge in [0, 0.05) is 12.6 Å². The van der Waals surface area contributed by atoms with Gasteiger partial charge < -0.3 is 4.57 Å². The van der Waals surface area contributed by atoms with Crippen LogP contribution in [0.15, 0.2) is 35.5 Å². The molecule has 0 aromatic carbocycles. The van der Waals surface area contributed by atoms with E-state index in [9.17, 15) is 13.2 Å². The van der Waals surface area contributed by atoms with Crippen LogP contribution in [0.25, 0.3) is 27.3 Å². The van der Waals surface area contributed by atoms with Crippen LogP contribution < -0.4 is 0 Å². The maximum Gasteiger partial charge on any atom is 0.433 e. The number of halogens is 4. The molecule has 30 heavy (non-hydrogen) atoms. The summed E-state index contributed by atoms with van der Waals surface area (Å²) >= 11 is 9.02. The molecule has 10 heteroatoms. The summed E-state index contributed by atoms with van der Waals surface area (Å²) in [6.07, 6.45) is 2.10. The van der Waals surface area contributed by atoms with Crippen LogP contribution in [0.1, 0.15) is 17.6 Å². The number of aryl methyl sites for hydroxylation is 1. The highest BCUT2D eigenvalue weighted by atomic mass is 35.5. The lowest BCUT2D eigenvalue weighted by Crippen LogP contribution is -2.07. The van der Waals surface area contributed by atoms with Crippen LogP contribution in [0.5, 0.6) is 0 Å². The van der Waals surface area contributed by atoms with Crippen molar-refractivity contribution < 1.29 is 13.2 Å². The van der Waals surface area contributed by atoms with Gasteiger partial charge in [-0.2, -0.15) is 13.2 Å². The van der Waals surface area contributed by atoms with Gasteiger partial charge in [0.05, 0.1) is 17.2 Å². The zero-order valence-electron chi connectivity index (χ0n) is 15.8. The topological polar surface area (TPSA) is 43.6 Å². The highest BCUT2D eigenvalue weighted by Gasteiger charge is 2.33. The molecule has 1 aliphatic carbocycles. The lowest BCUT2D eigenvalue weighted by Gasteiger charge is -2.04. The zero-order valence-corrected chi connectivity index (χ0v) is 18.2. The second kappa shape index (κ2) is 8.10. The van der Waals surface area contributed by atoms with Crippen LogP contribution in [-0.4, -0.2) is 30.6 Å². The summed E-state index contributed by atoms with van der Waals surface area (Å²) in [4.78, 5) is 13.6. The number of hydrogen-bond donors (Lipinski definition) is 0. The van der Waals surface area contributed by atoms with E-state index < -0.39 is 11.9 Å². The number of nitrogens with zero attached hydrogens (tertiary/aromatic N) is 4. The highest BCUT2D eigenvalue weighted by molar-refractivity contribution is 7.99. The van der Waals surface area contributed by atoms with E-state index in [0.717, 1.165) is 32.3 Å². The van der Waals surface area contributed by atoms with Crippen LogP contribution in [0.3, 0.4) is 0 Å². The molecule has 4 nitrogen and oxygen atoms in total. The van der Waals surface area contributed by atoms with Crippen molar-refractivity contribution in [3.8, 4) is 22.5 Å². The van der Waals surface area contributed by atoms with Crippen molar-refractivity contribution in [2.75, 3.05) is 5.75 Å². The molecule has 154 valence electrons. The molecular weight excluding hydrogens is 453 g/mol. The molecule has 1 aliphatic rings. The summed E-state index contributed by atoms with van der Waals surface area (Å²) in [6, 6.07) is 0.972. The van der Waals surface area contributed by atoms with E-state index in [2.05, 4.69) is 21.8 Å². The number of hydrogen-bond acceptors (Lipinski definition) is 5. The number of rotatable bonds is 4. The SMILES string of the molecule is CCSc1nc(C2=CC#CC(Cl)C=C2)sc1-c1nc2cc(C(F)(F)F)ncc2n1C. The number of allylic oxidation sites excluding steroid dienone is 4. The average molecular weight is 467 g/mol. The van der Waals surface area contributed by atoms with Crippen molar-refractivity contribution in [3.63, 3.8) is 0 Å². The van der Waals surface area contributed by atoms with Crippen molar-refractivity contribution in [1.29, 1.82) is 0 Å². The Morgan fingerprint density at radius 3 is 2.87 bits per heavy atom. The van der Waals surface area contributed by atoms with Gasteiger partial charge >= 0.3 is 6.18 Å². The summed E-state index contributed by atoms with van der Waals surface area (Å²) in [6.45, 7) is 2.01. The molecular formula is C20H14ClF3N4S2. The molecule has 0 N–H and O–H groups in total. The third-order valence-corrected chi connectivity index (χ3v) is 6.62. The summed E-state index contributed by atoms with van der Waals surface area (Å²) in [5, 5.41) is 1.16. The Labute approximate surface area is 183 Å². The van der Waals surface area contributed by atoms with Crippen LogP contribution in [0.2, 0.25) is 0 Å². The van der Waals surface area contributed by atoms with Gasteiger partial charge in [-0.15, -0.1) is 34.7 Å². The van der Waals surface area contributed by atoms with E-state index >= 15 is 0 Å². The Balaban J connectivity index is 1.84. The van der Waals surface area contributed by atoms with Gasteiger partial charge in [0.1, 0.15) is 26.0 Å². The highest BCUT2D eigenvalue weighted by Crippen LogP contribution is 2.40. The number of alkyl halides is 4. The Bertz CT molecular complexity index is 1240. The van der Waals surface area contributed by atoms with Crippen molar-refractivity contribution in [1.82, 2.24) is 19.5 Å². The minimum atomic E-state index is -4.52. The van der Waals surface area contributed by atoms with Gasteiger partial charge in [0.15, 0.2) is 5.82 Å². The first-order valence-corrected chi connectivity index (χ1v) is 11.1. The van der Waals surface area contributed by atoms with Gasteiger partial charge in [-0.1, -0.05) is 30.9 Å². The normalized spacial score (nSPS) is 16.3. The Hall–Kier alpha value is -2.28. The molecule has 3 aromatic rings. The zero-order chi connectivity index (χ0) is 21.5. The van der Waals surface area contributed by atoms with E-state index in [1.54, 1.807) is 35.5 Å². The van der Waals surface area contributed by atoms with Crippen LogP contribution >= 0.6 is 34.7 Å². The smallest absolute Gasteiger partial charge is 0.325 e. The fraction of sp³-hybridized carbons (Fsp3) is 0.250. The molecule has 0 radical (unpaired) electrons. The van der Waals surface area contributed by atoms with E-state index in [1.165, 1.54) is 17.5 Å². The standard InChI is InChI=1S/C20H14ClF3N4S2/c1-3-29-19-16(30-18(27-19)11-5-4-6-12(21)8-7-11)17-26-13-9-15(20(22,23)24)25-10-14(13)28(17)2/h5,7-10,12H,3H2,1-2H3. The summed E-state index contributed by atoms with van der Waals surface area (Å²) in [5.74, 6) is 7.13. The molecule has 0 saturated heterocycles. The molecule has 0 saturated carbocycles. The number of thioether (sulfide) groups is 1. The fourth-order valence-electron chi connectivity index (χ4n) is 2.87. The third-order valence-electron chi connectivity index (χ3n) is 4.28. The predicted octanol–water partition coefficient (Wildman–Crippen LogP) is 5.79.